The van der Waals surface area contributed by atoms with Gasteiger partial charge in [-0.3, -0.25) is 0 Å². The van der Waals surface area contributed by atoms with Crippen LogP contribution in [0.15, 0.2) is 0 Å². The predicted octanol–water partition coefficient (Wildman–Crippen LogP) is 2.60. The molecule has 19 heavy (non-hydrogen) atoms. The Labute approximate surface area is 120 Å². The van der Waals surface area contributed by atoms with Crippen LogP contribution in [0.1, 0.15) is 43.7 Å². The van der Waals surface area contributed by atoms with Crippen molar-refractivity contribution in [3.8, 4) is 0 Å². The number of rotatable bonds is 5. The topological polar surface area (TPSA) is 37.4 Å². The van der Waals surface area contributed by atoms with Crippen molar-refractivity contribution in [1.29, 1.82) is 0 Å². The molecule has 1 saturated heterocycles. The van der Waals surface area contributed by atoms with Gasteiger partial charge in [0.25, 0.3) is 0 Å². The second-order valence-corrected chi connectivity index (χ2v) is 6.25. The van der Waals surface area contributed by atoms with Gasteiger partial charge in [-0.25, -0.2) is 4.98 Å². The standard InChI is InChI=1S/C14H25N3OS/c1-4-15-10-12-13(11(2)3)16-14(19-12)17-6-5-8-18-9-7-17/h11,15H,4-10H2,1-3H3. The Kier molecular flexibility index (Phi) is 5.60. The lowest BCUT2D eigenvalue weighted by molar-refractivity contribution is 0.152. The van der Waals surface area contributed by atoms with Gasteiger partial charge in [0.2, 0.25) is 0 Å². The zero-order valence-corrected chi connectivity index (χ0v) is 13.1. The summed E-state index contributed by atoms with van der Waals surface area (Å²) in [4.78, 5) is 8.64. The van der Waals surface area contributed by atoms with E-state index in [-0.39, 0.29) is 0 Å². The number of thiazole rings is 1. The number of aromatic nitrogens is 1. The largest absolute Gasteiger partial charge is 0.380 e. The Hall–Kier alpha value is -0.650. The van der Waals surface area contributed by atoms with Crippen LogP contribution in [0, 0.1) is 0 Å². The van der Waals surface area contributed by atoms with Crippen LogP contribution >= 0.6 is 11.3 Å². The first-order valence-electron chi connectivity index (χ1n) is 7.25. The van der Waals surface area contributed by atoms with Crippen molar-refractivity contribution in [2.75, 3.05) is 37.7 Å². The predicted molar refractivity (Wildman–Crippen MR) is 81.2 cm³/mol. The molecule has 0 radical (unpaired) electrons. The summed E-state index contributed by atoms with van der Waals surface area (Å²) >= 11 is 1.84. The molecule has 0 unspecified atom stereocenters. The highest BCUT2D eigenvalue weighted by molar-refractivity contribution is 7.15. The summed E-state index contributed by atoms with van der Waals surface area (Å²) in [6.45, 7) is 12.2. The first-order valence-corrected chi connectivity index (χ1v) is 8.07. The minimum atomic E-state index is 0.488. The van der Waals surface area contributed by atoms with Gasteiger partial charge in [0.15, 0.2) is 5.13 Å². The smallest absolute Gasteiger partial charge is 0.185 e. The van der Waals surface area contributed by atoms with Crippen molar-refractivity contribution in [2.24, 2.45) is 0 Å². The zero-order chi connectivity index (χ0) is 13.7. The Morgan fingerprint density at radius 3 is 2.95 bits per heavy atom. The van der Waals surface area contributed by atoms with E-state index in [1.54, 1.807) is 0 Å². The van der Waals surface area contributed by atoms with Crippen molar-refractivity contribution in [3.05, 3.63) is 10.6 Å². The van der Waals surface area contributed by atoms with Crippen molar-refractivity contribution in [3.63, 3.8) is 0 Å². The van der Waals surface area contributed by atoms with Crippen LogP contribution in [-0.2, 0) is 11.3 Å². The number of hydrogen-bond acceptors (Lipinski definition) is 5. The van der Waals surface area contributed by atoms with E-state index in [1.165, 1.54) is 15.7 Å². The molecule has 0 aromatic carbocycles. The molecule has 0 amide bonds. The third-order valence-electron chi connectivity index (χ3n) is 3.29. The molecule has 0 saturated carbocycles. The van der Waals surface area contributed by atoms with E-state index >= 15 is 0 Å². The van der Waals surface area contributed by atoms with Gasteiger partial charge in [0.1, 0.15) is 0 Å². The van der Waals surface area contributed by atoms with E-state index < -0.39 is 0 Å². The van der Waals surface area contributed by atoms with E-state index in [1.807, 2.05) is 11.3 Å². The molecule has 0 aliphatic carbocycles. The SMILES string of the molecule is CCNCc1sc(N2CCCOCC2)nc1C(C)C. The summed E-state index contributed by atoms with van der Waals surface area (Å²) in [6.07, 6.45) is 1.10. The highest BCUT2D eigenvalue weighted by atomic mass is 32.1. The first kappa shape index (κ1) is 14.8. The lowest BCUT2D eigenvalue weighted by Crippen LogP contribution is -2.25. The molecular weight excluding hydrogens is 258 g/mol. The molecule has 1 aromatic heterocycles. The van der Waals surface area contributed by atoms with Gasteiger partial charge in [0.05, 0.1) is 12.3 Å². The molecule has 108 valence electrons. The maximum absolute atomic E-state index is 5.52. The van der Waals surface area contributed by atoms with E-state index in [2.05, 4.69) is 31.0 Å². The Morgan fingerprint density at radius 1 is 1.37 bits per heavy atom. The lowest BCUT2D eigenvalue weighted by atomic mass is 10.1. The lowest BCUT2D eigenvalue weighted by Gasteiger charge is -2.17. The fourth-order valence-corrected chi connectivity index (χ4v) is 3.48. The quantitative estimate of drug-likeness (QED) is 0.901. The highest BCUT2D eigenvalue weighted by Crippen LogP contribution is 2.31. The van der Waals surface area contributed by atoms with Crippen molar-refractivity contribution < 1.29 is 4.74 Å². The molecule has 1 aliphatic heterocycles. The maximum Gasteiger partial charge on any atom is 0.185 e. The van der Waals surface area contributed by atoms with Gasteiger partial charge in [-0.1, -0.05) is 20.8 Å². The molecule has 1 N–H and O–H groups in total. The molecule has 0 bridgehead atoms. The molecule has 2 rings (SSSR count). The van der Waals surface area contributed by atoms with Gasteiger partial charge in [-0.05, 0) is 18.9 Å². The minimum absolute atomic E-state index is 0.488. The summed E-state index contributed by atoms with van der Waals surface area (Å²) in [5, 5.41) is 4.58. The number of anilines is 1. The molecule has 2 heterocycles. The molecule has 0 atom stereocenters. The molecule has 0 spiro atoms. The third kappa shape index (κ3) is 3.91. The molecular formula is C14H25N3OS. The Morgan fingerprint density at radius 2 is 2.21 bits per heavy atom. The van der Waals surface area contributed by atoms with Crippen molar-refractivity contribution in [2.45, 2.75) is 39.7 Å². The Bertz CT molecular complexity index is 384. The average Bonchev–Trinajstić information content (AvgIpc) is 2.63. The highest BCUT2D eigenvalue weighted by Gasteiger charge is 2.19. The van der Waals surface area contributed by atoms with Crippen LogP contribution in [0.2, 0.25) is 0 Å². The average molecular weight is 283 g/mol. The number of ether oxygens (including phenoxy) is 1. The van der Waals surface area contributed by atoms with Crippen LogP contribution in [0.3, 0.4) is 0 Å². The van der Waals surface area contributed by atoms with E-state index in [0.29, 0.717) is 5.92 Å². The Balaban J connectivity index is 2.15. The second kappa shape index (κ2) is 7.22. The van der Waals surface area contributed by atoms with Crippen LogP contribution < -0.4 is 10.2 Å². The number of hydrogen-bond donors (Lipinski definition) is 1. The summed E-state index contributed by atoms with van der Waals surface area (Å²) < 4.78 is 5.52. The van der Waals surface area contributed by atoms with Gasteiger partial charge < -0.3 is 15.0 Å². The monoisotopic (exact) mass is 283 g/mol. The van der Waals surface area contributed by atoms with E-state index in [0.717, 1.165) is 45.8 Å². The van der Waals surface area contributed by atoms with Gasteiger partial charge in [0, 0.05) is 31.1 Å². The number of nitrogens with one attached hydrogen (secondary N) is 1. The second-order valence-electron chi connectivity index (χ2n) is 5.19. The van der Waals surface area contributed by atoms with Gasteiger partial charge >= 0.3 is 0 Å². The summed E-state index contributed by atoms with van der Waals surface area (Å²) in [7, 11) is 0. The summed E-state index contributed by atoms with van der Waals surface area (Å²) in [5.74, 6) is 0.488. The molecule has 1 aliphatic rings. The third-order valence-corrected chi connectivity index (χ3v) is 4.42. The summed E-state index contributed by atoms with van der Waals surface area (Å²) in [6, 6.07) is 0. The normalized spacial score (nSPS) is 16.9. The fourth-order valence-electron chi connectivity index (χ4n) is 2.24. The molecule has 1 aromatic rings. The van der Waals surface area contributed by atoms with Gasteiger partial charge in [-0.2, -0.15) is 0 Å². The fraction of sp³-hybridized carbons (Fsp3) is 0.786. The van der Waals surface area contributed by atoms with Crippen LogP contribution in [0.5, 0.6) is 0 Å². The molecule has 4 nitrogen and oxygen atoms in total. The number of nitrogens with zero attached hydrogens (tertiary/aromatic N) is 2. The van der Waals surface area contributed by atoms with Gasteiger partial charge in [-0.15, -0.1) is 11.3 Å². The minimum Gasteiger partial charge on any atom is -0.380 e. The zero-order valence-electron chi connectivity index (χ0n) is 12.2. The van der Waals surface area contributed by atoms with Crippen LogP contribution in [-0.4, -0.2) is 37.8 Å². The van der Waals surface area contributed by atoms with Crippen LogP contribution in [0.25, 0.3) is 0 Å². The van der Waals surface area contributed by atoms with Crippen LogP contribution in [0.4, 0.5) is 5.13 Å². The molecule has 5 heteroatoms. The van der Waals surface area contributed by atoms with Crippen molar-refractivity contribution in [1.82, 2.24) is 10.3 Å². The van der Waals surface area contributed by atoms with E-state index in [9.17, 15) is 0 Å². The van der Waals surface area contributed by atoms with Crippen molar-refractivity contribution >= 4 is 16.5 Å². The van der Waals surface area contributed by atoms with E-state index in [4.69, 9.17) is 9.72 Å². The summed E-state index contributed by atoms with van der Waals surface area (Å²) in [5.41, 5.74) is 1.26. The maximum atomic E-state index is 5.52. The molecule has 1 fully saturated rings. The first-order chi connectivity index (χ1) is 9.22.